The minimum Gasteiger partial charge on any atom is -0.442 e. The van der Waals surface area contributed by atoms with E-state index in [2.05, 4.69) is 4.98 Å². The third-order valence-corrected chi connectivity index (χ3v) is 3.93. The van der Waals surface area contributed by atoms with Gasteiger partial charge in [-0.25, -0.2) is 19.8 Å². The fraction of sp³-hybridized carbons (Fsp3) is 0.467. The molecule has 2 heterocycles. The third kappa shape index (κ3) is 4.84. The average molecular weight is 353 g/mol. The molecular weight excluding hydrogens is 334 g/mol. The number of hydrazine groups is 1. The van der Waals surface area contributed by atoms with Gasteiger partial charge in [-0.3, -0.25) is 4.79 Å². The lowest BCUT2D eigenvalue weighted by Crippen LogP contribution is -2.49. The molecule has 6 nitrogen and oxygen atoms in total. The van der Waals surface area contributed by atoms with Gasteiger partial charge in [-0.15, -0.1) is 11.3 Å². The molecule has 23 heavy (non-hydrogen) atoms. The van der Waals surface area contributed by atoms with Gasteiger partial charge >= 0.3 is 6.09 Å². The summed E-state index contributed by atoms with van der Waals surface area (Å²) in [5, 5.41) is 5.25. The number of allylic oxidation sites excluding steroid dienone is 1. The van der Waals surface area contributed by atoms with Crippen molar-refractivity contribution in [3.63, 3.8) is 0 Å². The zero-order valence-electron chi connectivity index (χ0n) is 13.5. The van der Waals surface area contributed by atoms with E-state index in [0.717, 1.165) is 5.01 Å². The highest BCUT2D eigenvalue weighted by Gasteiger charge is 2.31. The van der Waals surface area contributed by atoms with Crippen LogP contribution in [0.1, 0.15) is 37.9 Å². The predicted octanol–water partition coefficient (Wildman–Crippen LogP) is 3.22. The van der Waals surface area contributed by atoms with E-state index in [9.17, 15) is 9.59 Å². The molecule has 0 saturated heterocycles. The molecule has 0 saturated carbocycles. The summed E-state index contributed by atoms with van der Waals surface area (Å²) in [6, 6.07) is 0. The Morgan fingerprint density at radius 1 is 1.52 bits per heavy atom. The van der Waals surface area contributed by atoms with Crippen molar-refractivity contribution in [2.75, 3.05) is 0 Å². The van der Waals surface area contributed by atoms with Crippen molar-refractivity contribution in [2.45, 2.75) is 46.3 Å². The SMILES string of the molecule is Cc1nc(CN(C(=O)OC(C)(C)C)N2C=CC(=S)CC2=O)cs1. The first-order valence-corrected chi connectivity index (χ1v) is 8.39. The van der Waals surface area contributed by atoms with Gasteiger partial charge in [0.25, 0.3) is 5.91 Å². The van der Waals surface area contributed by atoms with Gasteiger partial charge in [0.1, 0.15) is 5.60 Å². The second-order valence-corrected chi connectivity index (χ2v) is 7.68. The van der Waals surface area contributed by atoms with E-state index < -0.39 is 11.7 Å². The molecule has 0 N–H and O–H groups in total. The van der Waals surface area contributed by atoms with Gasteiger partial charge in [0.05, 0.1) is 23.7 Å². The Hall–Kier alpha value is -1.80. The van der Waals surface area contributed by atoms with E-state index in [1.54, 1.807) is 26.8 Å². The molecule has 8 heteroatoms. The summed E-state index contributed by atoms with van der Waals surface area (Å²) in [5.74, 6) is -0.268. The highest BCUT2D eigenvalue weighted by atomic mass is 32.1. The molecule has 1 aromatic heterocycles. The van der Waals surface area contributed by atoms with Crippen molar-refractivity contribution in [1.82, 2.24) is 15.0 Å². The number of hydrogen-bond donors (Lipinski definition) is 0. The molecule has 1 aliphatic heterocycles. The summed E-state index contributed by atoms with van der Waals surface area (Å²) >= 11 is 6.52. The topological polar surface area (TPSA) is 62.7 Å². The molecule has 0 spiro atoms. The van der Waals surface area contributed by atoms with Crippen LogP contribution in [0.3, 0.4) is 0 Å². The van der Waals surface area contributed by atoms with Crippen molar-refractivity contribution in [2.24, 2.45) is 0 Å². The van der Waals surface area contributed by atoms with Crippen LogP contribution in [0.5, 0.6) is 0 Å². The first-order chi connectivity index (χ1) is 10.7. The number of rotatable bonds is 3. The van der Waals surface area contributed by atoms with Crippen LogP contribution >= 0.6 is 23.6 Å². The Balaban J connectivity index is 2.27. The number of nitrogens with zero attached hydrogens (tertiary/aromatic N) is 3. The lowest BCUT2D eigenvalue weighted by Gasteiger charge is -2.34. The van der Waals surface area contributed by atoms with E-state index in [1.807, 2.05) is 12.3 Å². The van der Waals surface area contributed by atoms with Crippen LogP contribution in [0.4, 0.5) is 4.79 Å². The Labute approximate surface area is 144 Å². The molecule has 0 radical (unpaired) electrons. The van der Waals surface area contributed by atoms with E-state index >= 15 is 0 Å². The van der Waals surface area contributed by atoms with Gasteiger partial charge in [0.2, 0.25) is 0 Å². The van der Waals surface area contributed by atoms with Gasteiger partial charge in [0, 0.05) is 16.4 Å². The second-order valence-electron chi connectivity index (χ2n) is 6.09. The number of aryl methyl sites for hydroxylation is 1. The van der Waals surface area contributed by atoms with Crippen LogP contribution in [-0.2, 0) is 16.1 Å². The first kappa shape index (κ1) is 17.6. The number of carbonyl (C=O) groups excluding carboxylic acids is 2. The van der Waals surface area contributed by atoms with Crippen LogP contribution < -0.4 is 0 Å². The molecule has 1 aliphatic rings. The summed E-state index contributed by atoms with van der Waals surface area (Å²) in [4.78, 5) is 29.6. The molecule has 0 atom stereocenters. The number of aromatic nitrogens is 1. The van der Waals surface area contributed by atoms with Crippen molar-refractivity contribution in [3.05, 3.63) is 28.4 Å². The molecule has 0 bridgehead atoms. The Morgan fingerprint density at radius 3 is 2.74 bits per heavy atom. The number of thiocarbonyl (C=S) groups is 1. The Morgan fingerprint density at radius 2 is 2.22 bits per heavy atom. The molecular formula is C15H19N3O3S2. The van der Waals surface area contributed by atoms with Gasteiger partial charge in [-0.1, -0.05) is 12.2 Å². The fourth-order valence-corrected chi connectivity index (χ4v) is 2.71. The van der Waals surface area contributed by atoms with Crippen molar-refractivity contribution < 1.29 is 14.3 Å². The maximum absolute atomic E-state index is 12.5. The van der Waals surface area contributed by atoms with Crippen LogP contribution in [0.15, 0.2) is 17.7 Å². The first-order valence-electron chi connectivity index (χ1n) is 7.10. The van der Waals surface area contributed by atoms with Gasteiger partial charge < -0.3 is 4.74 Å². The molecule has 0 aromatic carbocycles. The minimum absolute atomic E-state index is 0.0984. The van der Waals surface area contributed by atoms with E-state index in [0.29, 0.717) is 10.6 Å². The van der Waals surface area contributed by atoms with Crippen LogP contribution in [0.2, 0.25) is 0 Å². The highest BCUT2D eigenvalue weighted by molar-refractivity contribution is 7.80. The number of amides is 2. The fourth-order valence-electron chi connectivity index (χ4n) is 1.92. The predicted molar refractivity (Wildman–Crippen MR) is 91.8 cm³/mol. The largest absolute Gasteiger partial charge is 0.442 e. The highest BCUT2D eigenvalue weighted by Crippen LogP contribution is 2.19. The van der Waals surface area contributed by atoms with Crippen LogP contribution in [0, 0.1) is 6.92 Å². The normalized spacial score (nSPS) is 15.0. The van der Waals surface area contributed by atoms with Crippen molar-refractivity contribution in [3.8, 4) is 0 Å². The van der Waals surface area contributed by atoms with Crippen molar-refractivity contribution >= 4 is 40.4 Å². The molecule has 2 rings (SSSR count). The summed E-state index contributed by atoms with van der Waals surface area (Å²) in [6.45, 7) is 7.37. The standard InChI is InChI=1S/C15H19N3O3S2/c1-10-16-11(9-23-10)8-18(14(20)21-15(2,3)4)17-6-5-12(22)7-13(17)19/h5-6,9H,7-8H2,1-4H3. The van der Waals surface area contributed by atoms with Crippen LogP contribution in [0.25, 0.3) is 0 Å². The second kappa shape index (κ2) is 6.76. The number of hydrogen-bond acceptors (Lipinski definition) is 6. The summed E-state index contributed by atoms with van der Waals surface area (Å²) < 4.78 is 5.41. The Bertz CT molecular complexity index is 661. The number of thiazole rings is 1. The van der Waals surface area contributed by atoms with Gasteiger partial charge in [0.15, 0.2) is 0 Å². The summed E-state index contributed by atoms with van der Waals surface area (Å²) in [5.41, 5.74) is 0.0400. The molecule has 0 unspecified atom stereocenters. The molecule has 124 valence electrons. The Kier molecular flexibility index (Phi) is 5.16. The monoisotopic (exact) mass is 353 g/mol. The van der Waals surface area contributed by atoms with E-state index in [1.165, 1.54) is 27.6 Å². The molecule has 0 fully saturated rings. The lowest BCUT2D eigenvalue weighted by atomic mass is 10.2. The maximum atomic E-state index is 12.5. The van der Waals surface area contributed by atoms with Crippen LogP contribution in [-0.4, -0.2) is 37.5 Å². The number of ether oxygens (including phenoxy) is 1. The van der Waals surface area contributed by atoms with Gasteiger partial charge in [-0.2, -0.15) is 0 Å². The van der Waals surface area contributed by atoms with Gasteiger partial charge in [-0.05, 0) is 33.8 Å². The lowest BCUT2D eigenvalue weighted by molar-refractivity contribution is -0.141. The number of carbonyl (C=O) groups is 2. The zero-order valence-corrected chi connectivity index (χ0v) is 15.2. The summed E-state index contributed by atoms with van der Waals surface area (Å²) in [6.07, 6.45) is 2.63. The minimum atomic E-state index is -0.662. The smallest absolute Gasteiger partial charge is 0.430 e. The molecule has 1 aromatic rings. The zero-order chi connectivity index (χ0) is 17.2. The van der Waals surface area contributed by atoms with E-state index in [4.69, 9.17) is 17.0 Å². The summed E-state index contributed by atoms with van der Waals surface area (Å²) in [7, 11) is 0. The average Bonchev–Trinajstić information content (AvgIpc) is 2.80. The van der Waals surface area contributed by atoms with Crippen molar-refractivity contribution in [1.29, 1.82) is 0 Å². The third-order valence-electron chi connectivity index (χ3n) is 2.83. The molecule has 0 aliphatic carbocycles. The van der Waals surface area contributed by atoms with E-state index in [-0.39, 0.29) is 18.9 Å². The molecule has 2 amide bonds. The maximum Gasteiger partial charge on any atom is 0.430 e. The quantitative estimate of drug-likeness (QED) is 0.781.